The van der Waals surface area contributed by atoms with E-state index in [0.29, 0.717) is 11.5 Å². The molecule has 1 aliphatic rings. The van der Waals surface area contributed by atoms with E-state index in [4.69, 9.17) is 0 Å². The van der Waals surface area contributed by atoms with Gasteiger partial charge < -0.3 is 5.32 Å². The smallest absolute Gasteiger partial charge is 0.0285 e. The summed E-state index contributed by atoms with van der Waals surface area (Å²) in [5.41, 5.74) is 0.402. The summed E-state index contributed by atoms with van der Waals surface area (Å²) in [6.45, 7) is 4.71. The fourth-order valence-electron chi connectivity index (χ4n) is 2.41. The highest BCUT2D eigenvalue weighted by atomic mass is 79.9. The molecular formula is C11H16BrNS. The molecule has 1 heterocycles. The molecule has 0 saturated heterocycles. The molecule has 1 fully saturated rings. The molecule has 1 aromatic rings. The summed E-state index contributed by atoms with van der Waals surface area (Å²) in [6, 6.07) is 2.94. The van der Waals surface area contributed by atoms with Crippen LogP contribution in [0.15, 0.2) is 15.9 Å². The van der Waals surface area contributed by atoms with Crippen LogP contribution >= 0.6 is 27.3 Å². The maximum Gasteiger partial charge on any atom is 0.0285 e. The fraction of sp³-hybridized carbons (Fsp3) is 0.636. The molecule has 2 rings (SSSR count). The molecule has 2 unspecified atom stereocenters. The van der Waals surface area contributed by atoms with Gasteiger partial charge in [-0.05, 0) is 40.9 Å². The van der Waals surface area contributed by atoms with Crippen LogP contribution in [-0.2, 0) is 0 Å². The van der Waals surface area contributed by atoms with Crippen molar-refractivity contribution in [3.63, 3.8) is 0 Å². The van der Waals surface area contributed by atoms with Gasteiger partial charge in [0, 0.05) is 26.7 Å². The quantitative estimate of drug-likeness (QED) is 0.868. The lowest BCUT2D eigenvalue weighted by Gasteiger charge is -2.52. The van der Waals surface area contributed by atoms with E-state index in [1.807, 2.05) is 11.3 Å². The van der Waals surface area contributed by atoms with E-state index < -0.39 is 0 Å². The van der Waals surface area contributed by atoms with Gasteiger partial charge in [0.15, 0.2) is 0 Å². The van der Waals surface area contributed by atoms with Crippen LogP contribution in [0.2, 0.25) is 0 Å². The minimum absolute atomic E-state index is 0.402. The third-order valence-corrected chi connectivity index (χ3v) is 5.35. The Bertz CT molecular complexity index is 332. The topological polar surface area (TPSA) is 12.0 Å². The Morgan fingerprint density at radius 2 is 2.29 bits per heavy atom. The lowest BCUT2D eigenvalue weighted by atomic mass is 9.58. The summed E-state index contributed by atoms with van der Waals surface area (Å²) in [5.74, 6) is 0.733. The van der Waals surface area contributed by atoms with Crippen molar-refractivity contribution in [2.24, 2.45) is 5.41 Å². The van der Waals surface area contributed by atoms with Gasteiger partial charge in [-0.2, -0.15) is 0 Å². The standard InChI is InChI=1S/C11H16BrNS/c1-11(2)8(5-10(11)13-3)9-4-7(12)6-14-9/h4,6,8,10,13H,5H2,1-3H3. The predicted octanol–water partition coefficient (Wildman–Crippen LogP) is 3.61. The molecule has 3 heteroatoms. The maximum absolute atomic E-state index is 3.52. The van der Waals surface area contributed by atoms with Gasteiger partial charge >= 0.3 is 0 Å². The van der Waals surface area contributed by atoms with Gasteiger partial charge in [-0.25, -0.2) is 0 Å². The van der Waals surface area contributed by atoms with E-state index in [2.05, 4.69) is 53.6 Å². The normalized spacial score (nSPS) is 30.0. The van der Waals surface area contributed by atoms with E-state index in [9.17, 15) is 0 Å². The number of rotatable bonds is 2. The Kier molecular flexibility index (Phi) is 2.75. The number of nitrogens with one attached hydrogen (secondary N) is 1. The van der Waals surface area contributed by atoms with Gasteiger partial charge in [0.05, 0.1) is 0 Å². The zero-order chi connectivity index (χ0) is 10.3. The van der Waals surface area contributed by atoms with Gasteiger partial charge in [-0.3, -0.25) is 0 Å². The molecule has 78 valence electrons. The Hall–Kier alpha value is 0.140. The van der Waals surface area contributed by atoms with Crippen molar-refractivity contribution in [2.75, 3.05) is 7.05 Å². The Morgan fingerprint density at radius 3 is 2.71 bits per heavy atom. The van der Waals surface area contributed by atoms with Gasteiger partial charge in [-0.15, -0.1) is 11.3 Å². The van der Waals surface area contributed by atoms with E-state index in [1.165, 1.54) is 15.8 Å². The van der Waals surface area contributed by atoms with E-state index in [1.54, 1.807) is 0 Å². The second-order valence-corrected chi connectivity index (χ2v) is 6.48. The Labute approximate surface area is 98.0 Å². The molecule has 14 heavy (non-hydrogen) atoms. The molecular weight excluding hydrogens is 258 g/mol. The van der Waals surface area contributed by atoms with Gasteiger partial charge in [-0.1, -0.05) is 13.8 Å². The Morgan fingerprint density at radius 1 is 1.57 bits per heavy atom. The summed E-state index contributed by atoms with van der Waals surface area (Å²) >= 11 is 5.39. The van der Waals surface area contributed by atoms with Crippen molar-refractivity contribution in [1.29, 1.82) is 0 Å². The summed E-state index contributed by atoms with van der Waals surface area (Å²) in [4.78, 5) is 1.52. The summed E-state index contributed by atoms with van der Waals surface area (Å²) in [7, 11) is 2.06. The third-order valence-electron chi connectivity index (χ3n) is 3.55. The summed E-state index contributed by atoms with van der Waals surface area (Å²) in [6.07, 6.45) is 1.27. The number of hydrogen-bond donors (Lipinski definition) is 1. The molecule has 0 aromatic carbocycles. The van der Waals surface area contributed by atoms with Gasteiger partial charge in [0.25, 0.3) is 0 Å². The minimum Gasteiger partial charge on any atom is -0.316 e. The first-order chi connectivity index (χ1) is 6.55. The molecule has 0 bridgehead atoms. The molecule has 1 saturated carbocycles. The number of halogens is 1. The molecule has 1 N–H and O–H groups in total. The second kappa shape index (κ2) is 3.62. The van der Waals surface area contributed by atoms with Crippen molar-refractivity contribution in [1.82, 2.24) is 5.32 Å². The highest BCUT2D eigenvalue weighted by Gasteiger charge is 2.48. The molecule has 0 radical (unpaired) electrons. The van der Waals surface area contributed by atoms with E-state index >= 15 is 0 Å². The van der Waals surface area contributed by atoms with Crippen molar-refractivity contribution in [2.45, 2.75) is 32.2 Å². The molecule has 2 atom stereocenters. The van der Waals surface area contributed by atoms with Crippen LogP contribution in [0.5, 0.6) is 0 Å². The number of thiophene rings is 1. The van der Waals surface area contributed by atoms with Crippen molar-refractivity contribution >= 4 is 27.3 Å². The van der Waals surface area contributed by atoms with Crippen molar-refractivity contribution in [3.05, 3.63) is 20.8 Å². The highest BCUT2D eigenvalue weighted by molar-refractivity contribution is 9.10. The second-order valence-electron chi connectivity index (χ2n) is 4.62. The molecule has 1 aromatic heterocycles. The van der Waals surface area contributed by atoms with E-state index in [-0.39, 0.29) is 0 Å². The van der Waals surface area contributed by atoms with Crippen LogP contribution in [0.25, 0.3) is 0 Å². The van der Waals surface area contributed by atoms with Crippen LogP contribution in [0.4, 0.5) is 0 Å². The van der Waals surface area contributed by atoms with Crippen LogP contribution in [0, 0.1) is 5.41 Å². The lowest BCUT2D eigenvalue weighted by Crippen LogP contribution is -2.54. The first-order valence-electron chi connectivity index (χ1n) is 4.97. The molecule has 0 aliphatic heterocycles. The average Bonchev–Trinajstić information content (AvgIpc) is 2.51. The van der Waals surface area contributed by atoms with Crippen LogP contribution in [-0.4, -0.2) is 13.1 Å². The van der Waals surface area contributed by atoms with Gasteiger partial charge in [0.2, 0.25) is 0 Å². The monoisotopic (exact) mass is 273 g/mol. The SMILES string of the molecule is CNC1CC(c2cc(Br)cs2)C1(C)C. The summed E-state index contributed by atoms with van der Waals surface area (Å²) < 4.78 is 1.22. The lowest BCUT2D eigenvalue weighted by molar-refractivity contribution is 0.0773. The molecule has 1 aliphatic carbocycles. The third kappa shape index (κ3) is 1.55. The van der Waals surface area contributed by atoms with Crippen molar-refractivity contribution < 1.29 is 0 Å². The zero-order valence-corrected chi connectivity index (χ0v) is 11.2. The molecule has 1 nitrogen and oxygen atoms in total. The average molecular weight is 274 g/mol. The Balaban J connectivity index is 2.16. The fourth-order valence-corrected chi connectivity index (χ4v) is 4.16. The largest absolute Gasteiger partial charge is 0.316 e. The maximum atomic E-state index is 3.52. The molecule has 0 amide bonds. The first kappa shape index (κ1) is 10.7. The van der Waals surface area contributed by atoms with Crippen LogP contribution in [0.1, 0.15) is 31.1 Å². The van der Waals surface area contributed by atoms with Crippen molar-refractivity contribution in [3.8, 4) is 0 Å². The van der Waals surface area contributed by atoms with Gasteiger partial charge in [0.1, 0.15) is 0 Å². The van der Waals surface area contributed by atoms with E-state index in [0.717, 1.165) is 5.92 Å². The van der Waals surface area contributed by atoms with Crippen LogP contribution < -0.4 is 5.32 Å². The zero-order valence-electron chi connectivity index (χ0n) is 8.80. The number of hydrogen-bond acceptors (Lipinski definition) is 2. The summed E-state index contributed by atoms with van der Waals surface area (Å²) in [5, 5.41) is 5.57. The van der Waals surface area contributed by atoms with Crippen LogP contribution in [0.3, 0.4) is 0 Å². The molecule has 0 spiro atoms. The predicted molar refractivity (Wildman–Crippen MR) is 66.0 cm³/mol. The minimum atomic E-state index is 0.402. The highest BCUT2D eigenvalue weighted by Crippen LogP contribution is 2.53. The first-order valence-corrected chi connectivity index (χ1v) is 6.64.